The molecule has 0 saturated heterocycles. The van der Waals surface area contributed by atoms with Crippen molar-refractivity contribution in [1.29, 1.82) is 0 Å². The lowest BCUT2D eigenvalue weighted by Crippen LogP contribution is -2.17. The summed E-state index contributed by atoms with van der Waals surface area (Å²) in [6.07, 6.45) is 0. The van der Waals surface area contributed by atoms with Gasteiger partial charge in [-0.1, -0.05) is 15.9 Å². The van der Waals surface area contributed by atoms with Crippen LogP contribution in [0.1, 0.15) is 11.6 Å². The van der Waals surface area contributed by atoms with Gasteiger partial charge in [0, 0.05) is 10.0 Å². The summed E-state index contributed by atoms with van der Waals surface area (Å²) in [4.78, 5) is 0. The predicted molar refractivity (Wildman–Crippen MR) is 48.1 cm³/mol. The molecule has 1 rings (SSSR count). The SMILES string of the molecule is N[C@@H](CO)c1c(F)cc(Br)cc1F. The minimum Gasteiger partial charge on any atom is -0.394 e. The average Bonchev–Trinajstić information content (AvgIpc) is 2.02. The molecule has 13 heavy (non-hydrogen) atoms. The van der Waals surface area contributed by atoms with E-state index in [1.54, 1.807) is 0 Å². The van der Waals surface area contributed by atoms with E-state index >= 15 is 0 Å². The highest BCUT2D eigenvalue weighted by molar-refractivity contribution is 9.10. The third kappa shape index (κ3) is 2.24. The second kappa shape index (κ2) is 4.13. The number of rotatable bonds is 2. The van der Waals surface area contributed by atoms with Crippen LogP contribution in [0.4, 0.5) is 8.78 Å². The molecular weight excluding hydrogens is 244 g/mol. The number of aliphatic hydroxyl groups excluding tert-OH is 1. The zero-order valence-corrected chi connectivity index (χ0v) is 8.18. The van der Waals surface area contributed by atoms with Gasteiger partial charge in [0.15, 0.2) is 0 Å². The fourth-order valence-electron chi connectivity index (χ4n) is 0.999. The maximum atomic E-state index is 13.1. The number of hydrogen-bond donors (Lipinski definition) is 2. The standard InChI is InChI=1S/C8H8BrF2NO/c9-4-1-5(10)8(6(11)2-4)7(12)3-13/h1-2,7,13H,3,12H2/t7-/m0/s1. The lowest BCUT2D eigenvalue weighted by atomic mass is 10.1. The lowest BCUT2D eigenvalue weighted by Gasteiger charge is -2.10. The Morgan fingerprint density at radius 1 is 1.38 bits per heavy atom. The van der Waals surface area contributed by atoms with E-state index in [9.17, 15) is 8.78 Å². The maximum absolute atomic E-state index is 13.1. The Hall–Kier alpha value is -0.520. The normalized spacial score (nSPS) is 13.0. The van der Waals surface area contributed by atoms with Crippen LogP contribution < -0.4 is 5.73 Å². The monoisotopic (exact) mass is 251 g/mol. The highest BCUT2D eigenvalue weighted by Crippen LogP contribution is 2.23. The van der Waals surface area contributed by atoms with Crippen LogP contribution in [0, 0.1) is 11.6 Å². The summed E-state index contributed by atoms with van der Waals surface area (Å²) in [6, 6.07) is 1.19. The molecule has 3 N–H and O–H groups in total. The van der Waals surface area contributed by atoms with E-state index in [1.807, 2.05) is 0 Å². The molecule has 5 heteroatoms. The first-order valence-electron chi connectivity index (χ1n) is 3.57. The van der Waals surface area contributed by atoms with E-state index in [0.29, 0.717) is 4.47 Å². The van der Waals surface area contributed by atoms with Crippen molar-refractivity contribution in [3.05, 3.63) is 33.8 Å². The Morgan fingerprint density at radius 3 is 2.23 bits per heavy atom. The quantitative estimate of drug-likeness (QED) is 0.841. The van der Waals surface area contributed by atoms with E-state index in [2.05, 4.69) is 15.9 Å². The van der Waals surface area contributed by atoms with Crippen molar-refractivity contribution < 1.29 is 13.9 Å². The van der Waals surface area contributed by atoms with Gasteiger partial charge in [-0.3, -0.25) is 0 Å². The largest absolute Gasteiger partial charge is 0.394 e. The number of aliphatic hydroxyl groups is 1. The molecule has 1 aromatic rings. The third-order valence-electron chi connectivity index (χ3n) is 1.61. The van der Waals surface area contributed by atoms with Crippen molar-refractivity contribution in [3.63, 3.8) is 0 Å². The van der Waals surface area contributed by atoms with E-state index in [4.69, 9.17) is 10.8 Å². The molecule has 0 aliphatic carbocycles. The van der Waals surface area contributed by atoms with Crippen molar-refractivity contribution in [3.8, 4) is 0 Å². The van der Waals surface area contributed by atoms with Crippen LogP contribution in [0.2, 0.25) is 0 Å². The van der Waals surface area contributed by atoms with Crippen molar-refractivity contribution in [2.75, 3.05) is 6.61 Å². The molecule has 0 aliphatic heterocycles. The van der Waals surface area contributed by atoms with E-state index < -0.39 is 24.3 Å². The Morgan fingerprint density at radius 2 is 1.85 bits per heavy atom. The minimum absolute atomic E-state index is 0.286. The summed E-state index contributed by atoms with van der Waals surface area (Å²) in [5.74, 6) is -1.51. The number of nitrogens with two attached hydrogens (primary N) is 1. The average molecular weight is 252 g/mol. The van der Waals surface area contributed by atoms with Crippen LogP contribution >= 0.6 is 15.9 Å². The van der Waals surface area contributed by atoms with Crippen LogP contribution in [-0.2, 0) is 0 Å². The van der Waals surface area contributed by atoms with Crippen molar-refractivity contribution >= 4 is 15.9 Å². The molecule has 0 aromatic heterocycles. The molecule has 1 atom stereocenters. The molecule has 0 saturated carbocycles. The minimum atomic E-state index is -1.02. The summed E-state index contributed by atoms with van der Waals surface area (Å²) < 4.78 is 26.5. The molecule has 72 valence electrons. The van der Waals surface area contributed by atoms with Gasteiger partial charge in [0.05, 0.1) is 12.6 Å². The molecule has 0 bridgehead atoms. The van der Waals surface area contributed by atoms with Gasteiger partial charge >= 0.3 is 0 Å². The van der Waals surface area contributed by atoms with Crippen molar-refractivity contribution in [2.45, 2.75) is 6.04 Å². The first kappa shape index (κ1) is 10.6. The van der Waals surface area contributed by atoms with E-state index in [0.717, 1.165) is 12.1 Å². The first-order valence-corrected chi connectivity index (χ1v) is 4.36. The molecule has 1 aromatic carbocycles. The summed E-state index contributed by atoms with van der Waals surface area (Å²) in [7, 11) is 0. The second-order valence-corrected chi connectivity index (χ2v) is 3.49. The van der Waals surface area contributed by atoms with Crippen LogP contribution in [0.5, 0.6) is 0 Å². The first-order chi connectivity index (χ1) is 6.06. The highest BCUT2D eigenvalue weighted by atomic mass is 79.9. The van der Waals surface area contributed by atoms with Gasteiger partial charge < -0.3 is 10.8 Å². The molecule has 0 radical (unpaired) electrons. The van der Waals surface area contributed by atoms with Gasteiger partial charge in [-0.15, -0.1) is 0 Å². The summed E-state index contributed by atoms with van der Waals surface area (Å²) in [6.45, 7) is -0.491. The van der Waals surface area contributed by atoms with E-state index in [-0.39, 0.29) is 5.56 Å². The molecule has 0 heterocycles. The van der Waals surface area contributed by atoms with Crippen molar-refractivity contribution in [2.24, 2.45) is 5.73 Å². The molecule has 0 amide bonds. The molecule has 2 nitrogen and oxygen atoms in total. The zero-order valence-electron chi connectivity index (χ0n) is 6.60. The molecule has 0 aliphatic rings. The number of hydrogen-bond acceptors (Lipinski definition) is 2. The van der Waals surface area contributed by atoms with Crippen LogP contribution in [0.15, 0.2) is 16.6 Å². The molecule has 0 fully saturated rings. The van der Waals surface area contributed by atoms with Gasteiger partial charge in [0.25, 0.3) is 0 Å². The summed E-state index contributed by atoms with van der Waals surface area (Å²) >= 11 is 2.93. The Balaban J connectivity index is 3.20. The smallest absolute Gasteiger partial charge is 0.132 e. The van der Waals surface area contributed by atoms with Crippen LogP contribution in [0.25, 0.3) is 0 Å². The van der Waals surface area contributed by atoms with Gasteiger partial charge in [-0.05, 0) is 12.1 Å². The number of benzene rings is 1. The van der Waals surface area contributed by atoms with Gasteiger partial charge in [-0.2, -0.15) is 0 Å². The fraction of sp³-hybridized carbons (Fsp3) is 0.250. The highest BCUT2D eigenvalue weighted by Gasteiger charge is 2.16. The lowest BCUT2D eigenvalue weighted by molar-refractivity contribution is 0.262. The van der Waals surface area contributed by atoms with Crippen molar-refractivity contribution in [1.82, 2.24) is 0 Å². The Bertz CT molecular complexity index is 296. The summed E-state index contributed by atoms with van der Waals surface area (Å²) in [5.41, 5.74) is 5.01. The van der Waals surface area contributed by atoms with E-state index in [1.165, 1.54) is 0 Å². The fourth-order valence-corrected chi connectivity index (χ4v) is 1.40. The van der Waals surface area contributed by atoms with Gasteiger partial charge in [0.1, 0.15) is 11.6 Å². The third-order valence-corrected chi connectivity index (χ3v) is 2.07. The molecular formula is C8H8BrF2NO. The number of halogens is 3. The summed E-state index contributed by atoms with van der Waals surface area (Å²) in [5, 5.41) is 8.64. The molecule has 0 unspecified atom stereocenters. The van der Waals surface area contributed by atoms with Crippen LogP contribution in [-0.4, -0.2) is 11.7 Å². The molecule has 0 spiro atoms. The van der Waals surface area contributed by atoms with Gasteiger partial charge in [-0.25, -0.2) is 8.78 Å². The van der Waals surface area contributed by atoms with Gasteiger partial charge in [0.2, 0.25) is 0 Å². The second-order valence-electron chi connectivity index (χ2n) is 2.57. The maximum Gasteiger partial charge on any atom is 0.132 e. The Kier molecular flexibility index (Phi) is 3.35. The Labute approximate surface area is 82.5 Å². The zero-order chi connectivity index (χ0) is 10.0. The topological polar surface area (TPSA) is 46.2 Å². The van der Waals surface area contributed by atoms with Crippen LogP contribution in [0.3, 0.4) is 0 Å². The predicted octanol–water partition coefficient (Wildman–Crippen LogP) is 1.72.